The number of hydrogen-bond donors (Lipinski definition) is 0. The number of carbonyl (C=O) groups excluding carboxylic acids is 2. The minimum atomic E-state index is -0.352. The predicted octanol–water partition coefficient (Wildman–Crippen LogP) is 1.89. The molecule has 0 aliphatic rings. The molecule has 0 aliphatic heterocycles. The first-order valence-electron chi connectivity index (χ1n) is 7.94. The van der Waals surface area contributed by atoms with E-state index in [4.69, 9.17) is 4.74 Å². The monoisotopic (exact) mass is 400 g/mol. The van der Waals surface area contributed by atoms with Gasteiger partial charge in [0.1, 0.15) is 0 Å². The molecule has 21 heavy (non-hydrogen) atoms. The molecule has 0 rings (SSSR count). The van der Waals surface area contributed by atoms with Crippen molar-refractivity contribution in [3.05, 3.63) is 0 Å². The first kappa shape index (κ1) is 27.5. The number of ether oxygens (including phenoxy) is 1. The van der Waals surface area contributed by atoms with E-state index >= 15 is 0 Å². The summed E-state index contributed by atoms with van der Waals surface area (Å²) in [6, 6.07) is 0. The largest absolute Gasteiger partial charge is 1.00 e. The Bertz CT molecular complexity index is 230. The molecule has 0 spiro atoms. The second-order valence-electron chi connectivity index (χ2n) is 5.17. The van der Waals surface area contributed by atoms with Gasteiger partial charge in [-0.15, -0.1) is 0 Å². The van der Waals surface area contributed by atoms with Gasteiger partial charge in [-0.3, -0.25) is 9.59 Å². The van der Waals surface area contributed by atoms with Crippen molar-refractivity contribution in [2.45, 2.75) is 90.9 Å². The van der Waals surface area contributed by atoms with E-state index in [2.05, 4.69) is 13.8 Å². The van der Waals surface area contributed by atoms with Gasteiger partial charge in [0.2, 0.25) is 0 Å². The van der Waals surface area contributed by atoms with E-state index < -0.39 is 0 Å². The molecule has 0 unspecified atom stereocenters. The molecule has 0 aromatic carbocycles. The van der Waals surface area contributed by atoms with Gasteiger partial charge in [-0.25, -0.2) is 0 Å². The number of carbonyl (C=O) groups is 2. The molecule has 0 fully saturated rings. The second-order valence-corrected chi connectivity index (χ2v) is 5.17. The number of esters is 2. The van der Waals surface area contributed by atoms with E-state index in [1.54, 1.807) is 0 Å². The van der Waals surface area contributed by atoms with E-state index in [0.29, 0.717) is 12.8 Å². The average Bonchev–Trinajstić information content (AvgIpc) is 2.38. The van der Waals surface area contributed by atoms with Gasteiger partial charge in [0, 0.05) is 39.0 Å². The molecule has 0 aromatic heterocycles. The fourth-order valence-electron chi connectivity index (χ4n) is 1.97. The van der Waals surface area contributed by atoms with Gasteiger partial charge in [0.15, 0.2) is 0 Å². The van der Waals surface area contributed by atoms with E-state index in [1.807, 2.05) is 0 Å². The van der Waals surface area contributed by atoms with E-state index in [-0.39, 0.29) is 91.0 Å². The quantitative estimate of drug-likeness (QED) is 0.217. The molecule has 0 saturated heterocycles. The molecule has 0 N–H and O–H groups in total. The summed E-state index contributed by atoms with van der Waals surface area (Å²) in [6.07, 6.45) is 11.7. The third-order valence-electron chi connectivity index (χ3n) is 3.20. The number of unbranched alkanes of at least 4 members (excludes halogenated alkanes) is 8. The molecule has 0 heterocycles. The summed E-state index contributed by atoms with van der Waals surface area (Å²) in [6.45, 7) is 4.32. The Morgan fingerprint density at radius 1 is 0.714 bits per heavy atom. The smallest absolute Gasteiger partial charge is 1.00 e. The van der Waals surface area contributed by atoms with Crippen LogP contribution in [-0.4, -0.2) is 11.9 Å². The average molecular weight is 402 g/mol. The number of hydrogen-bond acceptors (Lipinski definition) is 3. The predicted molar refractivity (Wildman–Crippen MR) is 79.0 cm³/mol. The third-order valence-corrected chi connectivity index (χ3v) is 3.20. The van der Waals surface area contributed by atoms with E-state index in [1.165, 1.54) is 25.7 Å². The van der Waals surface area contributed by atoms with Crippen molar-refractivity contribution in [2.75, 3.05) is 0 Å². The molecular formula is C16H31KO3Zr. The zero-order valence-electron chi connectivity index (χ0n) is 15.2. The maximum absolute atomic E-state index is 11.4. The first-order chi connectivity index (χ1) is 9.20. The summed E-state index contributed by atoms with van der Waals surface area (Å²) in [7, 11) is 0. The van der Waals surface area contributed by atoms with Crippen LogP contribution in [0.2, 0.25) is 0 Å². The summed E-state index contributed by atoms with van der Waals surface area (Å²) in [5, 5.41) is 0. The molecular weight excluding hydrogens is 370 g/mol. The Balaban J connectivity index is -0.000000540. The Morgan fingerprint density at radius 3 is 1.38 bits per heavy atom. The van der Waals surface area contributed by atoms with Crippen molar-refractivity contribution >= 4 is 11.9 Å². The van der Waals surface area contributed by atoms with Gasteiger partial charge in [0.05, 0.1) is 0 Å². The van der Waals surface area contributed by atoms with E-state index in [9.17, 15) is 9.59 Å². The third kappa shape index (κ3) is 21.7. The Labute approximate surface area is 193 Å². The van der Waals surface area contributed by atoms with Gasteiger partial charge in [0.25, 0.3) is 0 Å². The van der Waals surface area contributed by atoms with Gasteiger partial charge < -0.3 is 6.16 Å². The van der Waals surface area contributed by atoms with E-state index in [0.717, 1.165) is 38.5 Å². The zero-order chi connectivity index (χ0) is 14.3. The van der Waals surface area contributed by atoms with Crippen LogP contribution >= 0.6 is 0 Å². The molecule has 0 amide bonds. The normalized spacial score (nSPS) is 9.43. The van der Waals surface area contributed by atoms with Gasteiger partial charge >= 0.3 is 63.3 Å². The van der Waals surface area contributed by atoms with Crippen LogP contribution in [0.3, 0.4) is 0 Å². The molecule has 0 radical (unpaired) electrons. The van der Waals surface area contributed by atoms with Crippen molar-refractivity contribution in [3.63, 3.8) is 0 Å². The van der Waals surface area contributed by atoms with Gasteiger partial charge in [-0.2, -0.15) is 0 Å². The van der Waals surface area contributed by atoms with Crippen LogP contribution in [0.1, 0.15) is 92.3 Å². The van der Waals surface area contributed by atoms with Crippen LogP contribution in [0.15, 0.2) is 0 Å². The number of rotatable bonds is 12. The summed E-state index contributed by atoms with van der Waals surface area (Å²) in [5.41, 5.74) is 0. The minimum Gasteiger partial charge on any atom is -1.00 e. The van der Waals surface area contributed by atoms with Crippen molar-refractivity contribution in [2.24, 2.45) is 0 Å². The molecule has 3 nitrogen and oxygen atoms in total. The van der Waals surface area contributed by atoms with Gasteiger partial charge in [-0.1, -0.05) is 65.2 Å². The minimum absolute atomic E-state index is 0. The molecule has 0 atom stereocenters. The van der Waals surface area contributed by atoms with Crippen molar-refractivity contribution in [1.29, 1.82) is 0 Å². The molecule has 118 valence electrons. The standard InChI is InChI=1S/C16H30O3.K.Zr.H/c1-3-5-7-9-11-13-15(17)19-16(18)14-12-10-8-6-4-2;;;/h3-14H2,1-2H3;;;/q;+1;;-1. The SMILES string of the molecule is CCCCCCCC(=O)OC(=O)CCCCCCC.[H-].[K+].[Zr]. The molecule has 0 aliphatic carbocycles. The van der Waals surface area contributed by atoms with Crippen LogP contribution in [0, 0.1) is 0 Å². The van der Waals surface area contributed by atoms with Crippen LogP contribution in [0.5, 0.6) is 0 Å². The fourth-order valence-corrected chi connectivity index (χ4v) is 1.97. The first-order valence-corrected chi connectivity index (χ1v) is 7.94. The Morgan fingerprint density at radius 2 is 1.05 bits per heavy atom. The fraction of sp³-hybridized carbons (Fsp3) is 0.875. The molecule has 5 heteroatoms. The second kappa shape index (κ2) is 21.7. The van der Waals surface area contributed by atoms with Crippen molar-refractivity contribution in [3.8, 4) is 0 Å². The Hall–Kier alpha value is 1.66. The van der Waals surface area contributed by atoms with Crippen molar-refractivity contribution in [1.82, 2.24) is 0 Å². The summed E-state index contributed by atoms with van der Waals surface area (Å²) >= 11 is 0. The maximum Gasteiger partial charge on any atom is 1.00 e. The van der Waals surface area contributed by atoms with Crippen LogP contribution < -0.4 is 51.4 Å². The zero-order valence-corrected chi connectivity index (χ0v) is 19.8. The topological polar surface area (TPSA) is 43.4 Å². The van der Waals surface area contributed by atoms with Crippen LogP contribution in [0.25, 0.3) is 0 Å². The van der Waals surface area contributed by atoms with Crippen LogP contribution in [0.4, 0.5) is 0 Å². The summed E-state index contributed by atoms with van der Waals surface area (Å²) in [5.74, 6) is -0.704. The summed E-state index contributed by atoms with van der Waals surface area (Å²) < 4.78 is 4.79. The summed E-state index contributed by atoms with van der Waals surface area (Å²) in [4.78, 5) is 22.8. The van der Waals surface area contributed by atoms with Gasteiger partial charge in [-0.05, 0) is 12.8 Å². The molecule has 0 bridgehead atoms. The maximum atomic E-state index is 11.4. The Kier molecular flexibility index (Phi) is 28.4. The molecule has 0 saturated carbocycles. The van der Waals surface area contributed by atoms with Crippen LogP contribution in [-0.2, 0) is 40.5 Å². The van der Waals surface area contributed by atoms with Crippen molar-refractivity contribution < 1.29 is 93.3 Å². The molecule has 0 aromatic rings.